The van der Waals surface area contributed by atoms with Crippen LogP contribution in [0.25, 0.3) is 0 Å². The maximum atomic E-state index is 12.7. The van der Waals surface area contributed by atoms with Gasteiger partial charge in [0.25, 0.3) is 5.91 Å². The second kappa shape index (κ2) is 7.97. The van der Waals surface area contributed by atoms with Gasteiger partial charge in [0.1, 0.15) is 5.75 Å². The van der Waals surface area contributed by atoms with Crippen LogP contribution in [0, 0.1) is 12.8 Å². The van der Waals surface area contributed by atoms with Crippen molar-refractivity contribution in [2.24, 2.45) is 11.8 Å². The molecule has 1 aromatic rings. The SMILES string of the molecule is CCC(Oc1ccccc1C)C(=O)N1CCC(C(=O)NN)CC1. The van der Waals surface area contributed by atoms with Crippen LogP contribution < -0.4 is 16.0 Å². The standard InChI is InChI=1S/C17H25N3O3/c1-3-14(23-15-7-5-4-6-12(15)2)17(22)20-10-8-13(9-11-20)16(21)19-18/h4-7,13-14H,3,8-11,18H2,1-2H3,(H,19,21). The summed E-state index contributed by atoms with van der Waals surface area (Å²) >= 11 is 0. The van der Waals surface area contributed by atoms with Crippen LogP contribution in [0.2, 0.25) is 0 Å². The molecular formula is C17H25N3O3. The fourth-order valence-corrected chi connectivity index (χ4v) is 2.83. The van der Waals surface area contributed by atoms with E-state index in [1.165, 1.54) is 0 Å². The predicted octanol–water partition coefficient (Wildman–Crippen LogP) is 1.38. The Morgan fingerprint density at radius 3 is 2.57 bits per heavy atom. The molecule has 1 fully saturated rings. The van der Waals surface area contributed by atoms with Gasteiger partial charge in [-0.25, -0.2) is 5.84 Å². The van der Waals surface area contributed by atoms with Crippen molar-refractivity contribution in [2.75, 3.05) is 13.1 Å². The molecule has 1 aliphatic heterocycles. The van der Waals surface area contributed by atoms with E-state index in [1.54, 1.807) is 4.90 Å². The normalized spacial score (nSPS) is 16.7. The van der Waals surface area contributed by atoms with Crippen LogP contribution in [0.1, 0.15) is 31.7 Å². The number of rotatable bonds is 5. The second-order valence-corrected chi connectivity index (χ2v) is 5.89. The number of nitrogens with one attached hydrogen (secondary N) is 1. The number of nitrogens with two attached hydrogens (primary N) is 1. The Morgan fingerprint density at radius 1 is 1.35 bits per heavy atom. The molecular weight excluding hydrogens is 294 g/mol. The van der Waals surface area contributed by atoms with Gasteiger partial charge < -0.3 is 9.64 Å². The summed E-state index contributed by atoms with van der Waals surface area (Å²) in [5.41, 5.74) is 3.20. The van der Waals surface area contributed by atoms with Gasteiger partial charge in [0.2, 0.25) is 5.91 Å². The minimum atomic E-state index is -0.490. The van der Waals surface area contributed by atoms with E-state index in [4.69, 9.17) is 10.6 Å². The molecule has 6 heteroatoms. The van der Waals surface area contributed by atoms with Gasteiger partial charge in [-0.2, -0.15) is 0 Å². The summed E-state index contributed by atoms with van der Waals surface area (Å²) < 4.78 is 5.91. The lowest BCUT2D eigenvalue weighted by molar-refractivity contribution is -0.142. The van der Waals surface area contributed by atoms with Gasteiger partial charge in [-0.1, -0.05) is 25.1 Å². The average molecular weight is 319 g/mol. The van der Waals surface area contributed by atoms with Crippen molar-refractivity contribution >= 4 is 11.8 Å². The van der Waals surface area contributed by atoms with Gasteiger partial charge in [0.05, 0.1) is 0 Å². The topological polar surface area (TPSA) is 84.7 Å². The Balaban J connectivity index is 1.96. The second-order valence-electron chi connectivity index (χ2n) is 5.89. The molecule has 0 spiro atoms. The quantitative estimate of drug-likeness (QED) is 0.488. The number of piperidine rings is 1. The van der Waals surface area contributed by atoms with E-state index in [1.807, 2.05) is 38.1 Å². The number of ether oxygens (including phenoxy) is 1. The number of carbonyl (C=O) groups is 2. The average Bonchev–Trinajstić information content (AvgIpc) is 2.60. The Kier molecular flexibility index (Phi) is 5.98. The third-order valence-electron chi connectivity index (χ3n) is 4.33. The van der Waals surface area contributed by atoms with E-state index in [0.717, 1.165) is 11.3 Å². The van der Waals surface area contributed by atoms with Gasteiger partial charge in [0, 0.05) is 19.0 Å². The number of para-hydroxylation sites is 1. The number of hydrazine groups is 1. The van der Waals surface area contributed by atoms with Gasteiger partial charge in [-0.05, 0) is 37.8 Å². The first-order valence-electron chi connectivity index (χ1n) is 8.08. The first kappa shape index (κ1) is 17.3. The molecule has 6 nitrogen and oxygen atoms in total. The van der Waals surface area contributed by atoms with Crippen LogP contribution in [0.3, 0.4) is 0 Å². The molecule has 0 aliphatic carbocycles. The third-order valence-corrected chi connectivity index (χ3v) is 4.33. The molecule has 1 heterocycles. The van der Waals surface area contributed by atoms with E-state index >= 15 is 0 Å². The summed E-state index contributed by atoms with van der Waals surface area (Å²) in [6, 6.07) is 7.68. The first-order valence-corrected chi connectivity index (χ1v) is 8.08. The summed E-state index contributed by atoms with van der Waals surface area (Å²) in [6.45, 7) is 5.02. The highest BCUT2D eigenvalue weighted by Gasteiger charge is 2.31. The first-order chi connectivity index (χ1) is 11.1. The molecule has 23 heavy (non-hydrogen) atoms. The summed E-state index contributed by atoms with van der Waals surface area (Å²) in [6.07, 6.45) is 1.39. The van der Waals surface area contributed by atoms with Gasteiger partial charge in [0.15, 0.2) is 6.10 Å². The van der Waals surface area contributed by atoms with Crippen molar-refractivity contribution in [1.82, 2.24) is 10.3 Å². The Bertz CT molecular complexity index is 554. The summed E-state index contributed by atoms with van der Waals surface area (Å²) in [7, 11) is 0. The molecule has 1 saturated heterocycles. The van der Waals surface area contributed by atoms with Crippen molar-refractivity contribution in [1.29, 1.82) is 0 Å². The highest BCUT2D eigenvalue weighted by molar-refractivity contribution is 5.82. The van der Waals surface area contributed by atoms with E-state index in [-0.39, 0.29) is 17.7 Å². The fraction of sp³-hybridized carbons (Fsp3) is 0.529. The number of nitrogens with zero attached hydrogens (tertiary/aromatic N) is 1. The van der Waals surface area contributed by atoms with E-state index < -0.39 is 6.10 Å². The van der Waals surface area contributed by atoms with Crippen molar-refractivity contribution in [3.05, 3.63) is 29.8 Å². The molecule has 0 aromatic heterocycles. The predicted molar refractivity (Wildman–Crippen MR) is 87.5 cm³/mol. The van der Waals surface area contributed by atoms with Crippen LogP contribution in [-0.4, -0.2) is 35.9 Å². The van der Waals surface area contributed by atoms with Crippen molar-refractivity contribution in [3.63, 3.8) is 0 Å². The smallest absolute Gasteiger partial charge is 0.263 e. The van der Waals surface area contributed by atoms with Gasteiger partial charge >= 0.3 is 0 Å². The lowest BCUT2D eigenvalue weighted by Crippen LogP contribution is -2.48. The summed E-state index contributed by atoms with van der Waals surface area (Å²) in [4.78, 5) is 26.0. The van der Waals surface area contributed by atoms with Crippen molar-refractivity contribution < 1.29 is 14.3 Å². The molecule has 0 saturated carbocycles. The van der Waals surface area contributed by atoms with Crippen LogP contribution in [0.4, 0.5) is 0 Å². The molecule has 1 atom stereocenters. The number of likely N-dealkylation sites (tertiary alicyclic amines) is 1. The number of hydrogen-bond acceptors (Lipinski definition) is 4. The lowest BCUT2D eigenvalue weighted by atomic mass is 9.96. The zero-order valence-corrected chi connectivity index (χ0v) is 13.7. The Hall–Kier alpha value is -2.08. The maximum absolute atomic E-state index is 12.7. The maximum Gasteiger partial charge on any atom is 0.263 e. The molecule has 1 aliphatic rings. The minimum Gasteiger partial charge on any atom is -0.480 e. The van der Waals surface area contributed by atoms with E-state index in [0.29, 0.717) is 32.4 Å². The van der Waals surface area contributed by atoms with Gasteiger partial charge in [-0.15, -0.1) is 0 Å². The minimum absolute atomic E-state index is 0.0117. The van der Waals surface area contributed by atoms with Gasteiger partial charge in [-0.3, -0.25) is 15.0 Å². The Labute approximate surface area is 136 Å². The molecule has 2 rings (SSSR count). The van der Waals surface area contributed by atoms with Crippen molar-refractivity contribution in [3.8, 4) is 5.75 Å². The number of hydrogen-bond donors (Lipinski definition) is 2. The van der Waals surface area contributed by atoms with Crippen molar-refractivity contribution in [2.45, 2.75) is 39.2 Å². The molecule has 3 N–H and O–H groups in total. The monoisotopic (exact) mass is 319 g/mol. The zero-order chi connectivity index (χ0) is 16.8. The highest BCUT2D eigenvalue weighted by Crippen LogP contribution is 2.22. The van der Waals surface area contributed by atoms with Crippen LogP contribution in [-0.2, 0) is 9.59 Å². The summed E-state index contributed by atoms with van der Waals surface area (Å²) in [5, 5.41) is 0. The molecule has 1 aromatic carbocycles. The number of aryl methyl sites for hydroxylation is 1. The molecule has 0 radical (unpaired) electrons. The van der Waals surface area contributed by atoms with Crippen LogP contribution >= 0.6 is 0 Å². The van der Waals surface area contributed by atoms with Crippen LogP contribution in [0.15, 0.2) is 24.3 Å². The zero-order valence-electron chi connectivity index (χ0n) is 13.7. The molecule has 126 valence electrons. The largest absolute Gasteiger partial charge is 0.480 e. The van der Waals surface area contributed by atoms with E-state index in [9.17, 15) is 9.59 Å². The number of benzene rings is 1. The van der Waals surface area contributed by atoms with Crippen LogP contribution in [0.5, 0.6) is 5.75 Å². The Morgan fingerprint density at radius 2 is 2.00 bits per heavy atom. The van der Waals surface area contributed by atoms with E-state index in [2.05, 4.69) is 5.43 Å². The molecule has 2 amide bonds. The lowest BCUT2D eigenvalue weighted by Gasteiger charge is -2.33. The number of amides is 2. The molecule has 1 unspecified atom stereocenters. The number of carbonyl (C=O) groups excluding carboxylic acids is 2. The third kappa shape index (κ3) is 4.22. The fourth-order valence-electron chi connectivity index (χ4n) is 2.83. The molecule has 0 bridgehead atoms. The summed E-state index contributed by atoms with van der Waals surface area (Å²) in [5.74, 6) is 5.63. The highest BCUT2D eigenvalue weighted by atomic mass is 16.5.